The molecule has 6 heteroatoms. The maximum atomic E-state index is 9.97. The summed E-state index contributed by atoms with van der Waals surface area (Å²) < 4.78 is 2.76. The zero-order valence-electron chi connectivity index (χ0n) is 12.1. The fourth-order valence-corrected chi connectivity index (χ4v) is 2.50. The molecule has 0 aliphatic rings. The largest absolute Gasteiger partial charge is 0.392 e. The van der Waals surface area contributed by atoms with Crippen LogP contribution in [0.3, 0.4) is 0 Å². The normalized spacial score (nSPS) is 13.8. The van der Waals surface area contributed by atoms with Gasteiger partial charge in [-0.2, -0.15) is 0 Å². The molecule has 2 heterocycles. The molecule has 0 amide bonds. The summed E-state index contributed by atoms with van der Waals surface area (Å²) in [5.41, 5.74) is 2.01. The Morgan fingerprint density at radius 3 is 2.80 bits per heavy atom. The summed E-state index contributed by atoms with van der Waals surface area (Å²) in [5, 5.41) is 13.2. The number of aliphatic hydroxyl groups excluding tert-OH is 1. The van der Waals surface area contributed by atoms with Gasteiger partial charge in [0.1, 0.15) is 4.60 Å². The lowest BCUT2D eigenvalue weighted by molar-refractivity contribution is 0.119. The lowest BCUT2D eigenvalue weighted by Gasteiger charge is -2.22. The summed E-state index contributed by atoms with van der Waals surface area (Å²) in [7, 11) is 0. The van der Waals surface area contributed by atoms with Crippen molar-refractivity contribution in [3.63, 3.8) is 0 Å². The molecule has 1 atom stereocenters. The smallest absolute Gasteiger partial charge is 0.155 e. The van der Waals surface area contributed by atoms with Crippen LogP contribution in [0, 0.1) is 5.41 Å². The number of nitrogens with zero attached hydrogens (tertiary/aromatic N) is 3. The Hall–Kier alpha value is -0.980. The third-order valence-electron chi connectivity index (χ3n) is 2.98. The zero-order valence-corrected chi connectivity index (χ0v) is 13.7. The summed E-state index contributed by atoms with van der Waals surface area (Å²) in [4.78, 5) is 8.44. The average molecular weight is 341 g/mol. The fourth-order valence-electron chi connectivity index (χ4n) is 2.19. The summed E-state index contributed by atoms with van der Waals surface area (Å²) in [6, 6.07) is 0. The SMILES string of the molecule is CC(C)(C)CC(O)CNCc1cnc2cnc(Br)cn12. The molecule has 110 valence electrons. The number of aromatic nitrogens is 3. The maximum Gasteiger partial charge on any atom is 0.155 e. The number of rotatable bonds is 5. The Morgan fingerprint density at radius 2 is 2.10 bits per heavy atom. The molecule has 2 N–H and O–H groups in total. The van der Waals surface area contributed by atoms with Gasteiger partial charge in [0.05, 0.1) is 24.2 Å². The third kappa shape index (κ3) is 4.26. The Morgan fingerprint density at radius 1 is 1.35 bits per heavy atom. The van der Waals surface area contributed by atoms with Gasteiger partial charge in [-0.25, -0.2) is 9.97 Å². The van der Waals surface area contributed by atoms with Gasteiger partial charge >= 0.3 is 0 Å². The molecule has 1 unspecified atom stereocenters. The van der Waals surface area contributed by atoms with Gasteiger partial charge in [0.25, 0.3) is 0 Å². The summed E-state index contributed by atoms with van der Waals surface area (Å²) in [5.74, 6) is 0. The van der Waals surface area contributed by atoms with E-state index >= 15 is 0 Å². The van der Waals surface area contributed by atoms with Crippen molar-refractivity contribution in [3.8, 4) is 0 Å². The standard InChI is InChI=1S/C14H21BrN4O/c1-14(2,3)4-11(20)7-16-5-10-6-18-13-8-17-12(15)9-19(10)13/h6,8-9,11,16,20H,4-5,7H2,1-3H3. The second-order valence-electron chi connectivity index (χ2n) is 6.24. The van der Waals surface area contributed by atoms with Gasteiger partial charge in [0.2, 0.25) is 0 Å². The topological polar surface area (TPSA) is 62.5 Å². The Labute approximate surface area is 127 Å². The second-order valence-corrected chi connectivity index (χ2v) is 7.05. The van der Waals surface area contributed by atoms with E-state index in [-0.39, 0.29) is 11.5 Å². The van der Waals surface area contributed by atoms with E-state index in [9.17, 15) is 5.11 Å². The Balaban J connectivity index is 1.91. The highest BCUT2D eigenvalue weighted by atomic mass is 79.9. The van der Waals surface area contributed by atoms with Crippen molar-refractivity contribution in [2.75, 3.05) is 6.54 Å². The van der Waals surface area contributed by atoms with Crippen LogP contribution in [-0.4, -0.2) is 32.1 Å². The second kappa shape index (κ2) is 6.20. The third-order valence-corrected chi connectivity index (χ3v) is 3.38. The van der Waals surface area contributed by atoms with Crippen LogP contribution in [0.15, 0.2) is 23.2 Å². The molecule has 0 radical (unpaired) electrons. The van der Waals surface area contributed by atoms with Gasteiger partial charge in [-0.1, -0.05) is 20.8 Å². The number of imidazole rings is 1. The predicted molar refractivity (Wildman–Crippen MR) is 82.5 cm³/mol. The maximum absolute atomic E-state index is 9.97. The predicted octanol–water partition coefficient (Wildman–Crippen LogP) is 2.38. The Kier molecular flexibility index (Phi) is 4.78. The van der Waals surface area contributed by atoms with E-state index in [0.717, 1.165) is 22.4 Å². The molecule has 0 spiro atoms. The van der Waals surface area contributed by atoms with Crippen LogP contribution in [-0.2, 0) is 6.54 Å². The number of halogens is 1. The summed E-state index contributed by atoms with van der Waals surface area (Å²) >= 11 is 3.36. The minimum atomic E-state index is -0.331. The molecule has 2 rings (SSSR count). The molecule has 2 aromatic rings. The van der Waals surface area contributed by atoms with Crippen LogP contribution in [0.2, 0.25) is 0 Å². The molecule has 0 bridgehead atoms. The minimum Gasteiger partial charge on any atom is -0.392 e. The van der Waals surface area contributed by atoms with Crippen LogP contribution in [0.5, 0.6) is 0 Å². The number of hydrogen-bond acceptors (Lipinski definition) is 4. The first-order valence-electron chi connectivity index (χ1n) is 6.71. The van der Waals surface area contributed by atoms with E-state index in [4.69, 9.17) is 0 Å². The van der Waals surface area contributed by atoms with E-state index in [1.54, 1.807) is 6.20 Å². The number of fused-ring (bicyclic) bond motifs is 1. The zero-order chi connectivity index (χ0) is 14.8. The lowest BCUT2D eigenvalue weighted by Crippen LogP contribution is -2.30. The van der Waals surface area contributed by atoms with Crippen molar-refractivity contribution in [2.24, 2.45) is 5.41 Å². The van der Waals surface area contributed by atoms with Gasteiger partial charge in [-0.3, -0.25) is 4.40 Å². The van der Waals surface area contributed by atoms with Gasteiger partial charge in [-0.05, 0) is 27.8 Å². The van der Waals surface area contributed by atoms with Crippen molar-refractivity contribution >= 4 is 21.6 Å². The van der Waals surface area contributed by atoms with Crippen LogP contribution in [0.25, 0.3) is 5.65 Å². The molecule has 0 aliphatic heterocycles. The van der Waals surface area contributed by atoms with Gasteiger partial charge < -0.3 is 10.4 Å². The van der Waals surface area contributed by atoms with Crippen LogP contribution in [0.1, 0.15) is 32.9 Å². The number of aliphatic hydroxyl groups is 1. The molecule has 0 saturated heterocycles. The van der Waals surface area contributed by atoms with Crippen molar-refractivity contribution in [1.82, 2.24) is 19.7 Å². The van der Waals surface area contributed by atoms with Gasteiger partial charge in [-0.15, -0.1) is 0 Å². The van der Waals surface area contributed by atoms with Crippen LogP contribution < -0.4 is 5.32 Å². The first-order valence-corrected chi connectivity index (χ1v) is 7.51. The average Bonchev–Trinajstić information content (AvgIpc) is 2.69. The molecule has 0 saturated carbocycles. The van der Waals surface area contributed by atoms with E-state index in [1.807, 2.05) is 16.8 Å². The number of nitrogens with one attached hydrogen (secondary N) is 1. The van der Waals surface area contributed by atoms with E-state index < -0.39 is 0 Å². The van der Waals surface area contributed by atoms with E-state index in [2.05, 4.69) is 52.0 Å². The van der Waals surface area contributed by atoms with Crippen molar-refractivity contribution in [1.29, 1.82) is 0 Å². The molecule has 20 heavy (non-hydrogen) atoms. The highest BCUT2D eigenvalue weighted by molar-refractivity contribution is 9.10. The first kappa shape index (κ1) is 15.4. The van der Waals surface area contributed by atoms with Gasteiger partial charge in [0, 0.05) is 19.3 Å². The highest BCUT2D eigenvalue weighted by Crippen LogP contribution is 2.20. The first-order chi connectivity index (χ1) is 9.35. The summed E-state index contributed by atoms with van der Waals surface area (Å²) in [6.07, 6.45) is 5.89. The summed E-state index contributed by atoms with van der Waals surface area (Å²) in [6.45, 7) is 7.64. The molecule has 0 aromatic carbocycles. The van der Waals surface area contributed by atoms with Crippen molar-refractivity contribution < 1.29 is 5.11 Å². The fraction of sp³-hybridized carbons (Fsp3) is 0.571. The van der Waals surface area contributed by atoms with Crippen LogP contribution in [0.4, 0.5) is 0 Å². The van der Waals surface area contributed by atoms with Crippen molar-refractivity contribution in [3.05, 3.63) is 28.9 Å². The monoisotopic (exact) mass is 340 g/mol. The van der Waals surface area contributed by atoms with Gasteiger partial charge in [0.15, 0.2) is 5.65 Å². The quantitative estimate of drug-likeness (QED) is 0.877. The molecule has 5 nitrogen and oxygen atoms in total. The van der Waals surface area contributed by atoms with E-state index in [1.165, 1.54) is 0 Å². The Bertz CT molecular complexity index is 576. The number of hydrogen-bond donors (Lipinski definition) is 2. The molecule has 0 aliphatic carbocycles. The molecule has 2 aromatic heterocycles. The van der Waals surface area contributed by atoms with E-state index in [0.29, 0.717) is 13.1 Å². The highest BCUT2D eigenvalue weighted by Gasteiger charge is 2.16. The molecule has 0 fully saturated rings. The molecular weight excluding hydrogens is 320 g/mol. The lowest BCUT2D eigenvalue weighted by atomic mass is 9.89. The van der Waals surface area contributed by atoms with Crippen molar-refractivity contribution in [2.45, 2.75) is 39.8 Å². The molecular formula is C14H21BrN4O. The minimum absolute atomic E-state index is 0.140. The van der Waals surface area contributed by atoms with Crippen LogP contribution >= 0.6 is 15.9 Å².